The number of aryl methyl sites for hydroxylation is 1. The predicted molar refractivity (Wildman–Crippen MR) is 150 cm³/mol. The molecule has 5 nitrogen and oxygen atoms in total. The molecule has 196 valence electrons. The number of benzene rings is 3. The van der Waals surface area contributed by atoms with Crippen LogP contribution in [0, 0.1) is 0 Å². The second-order valence-corrected chi connectivity index (χ2v) is 10.5. The third-order valence-electron chi connectivity index (χ3n) is 8.00. The summed E-state index contributed by atoms with van der Waals surface area (Å²) in [6.07, 6.45) is 6.35. The van der Waals surface area contributed by atoms with E-state index in [0.717, 1.165) is 56.8 Å². The minimum Gasteiger partial charge on any atom is -0.508 e. The third-order valence-corrected chi connectivity index (χ3v) is 8.00. The normalized spacial score (nSPS) is 17.9. The van der Waals surface area contributed by atoms with Crippen molar-refractivity contribution in [1.82, 2.24) is 4.90 Å². The van der Waals surface area contributed by atoms with Gasteiger partial charge in [0.25, 0.3) is 0 Å². The number of phenolic OH excluding ortho intramolecular Hbond substituents is 1. The first-order valence-electron chi connectivity index (χ1n) is 13.8. The number of ether oxygens (including phenoxy) is 2. The van der Waals surface area contributed by atoms with Crippen LogP contribution in [0.1, 0.15) is 54.4 Å². The molecule has 37 heavy (non-hydrogen) atoms. The van der Waals surface area contributed by atoms with Gasteiger partial charge in [-0.3, -0.25) is 4.90 Å². The SMILES string of the molecule is CCC(Cc1ccc(OCCN2CCC2)cc1)Nc1cc(OC)ccc1C1CCc2cc(O)ccc2C1. The van der Waals surface area contributed by atoms with E-state index in [0.29, 0.717) is 17.7 Å². The van der Waals surface area contributed by atoms with E-state index in [1.807, 2.05) is 12.1 Å². The van der Waals surface area contributed by atoms with Gasteiger partial charge in [0.05, 0.1) is 7.11 Å². The Morgan fingerprint density at radius 3 is 2.54 bits per heavy atom. The molecule has 2 unspecified atom stereocenters. The number of nitrogens with zero attached hydrogens (tertiary/aromatic N) is 1. The largest absolute Gasteiger partial charge is 0.508 e. The number of anilines is 1. The molecule has 1 aliphatic carbocycles. The van der Waals surface area contributed by atoms with Crippen molar-refractivity contribution in [3.8, 4) is 17.2 Å². The Morgan fingerprint density at radius 1 is 1.00 bits per heavy atom. The van der Waals surface area contributed by atoms with Gasteiger partial charge in [-0.1, -0.05) is 31.2 Å². The molecule has 3 aromatic rings. The molecule has 1 saturated heterocycles. The van der Waals surface area contributed by atoms with Crippen LogP contribution in [0.2, 0.25) is 0 Å². The molecule has 3 aromatic carbocycles. The maximum atomic E-state index is 9.87. The first-order valence-corrected chi connectivity index (χ1v) is 13.8. The van der Waals surface area contributed by atoms with Crippen LogP contribution in [0.3, 0.4) is 0 Å². The highest BCUT2D eigenvalue weighted by molar-refractivity contribution is 5.58. The summed E-state index contributed by atoms with van der Waals surface area (Å²) in [6, 6.07) is 21.2. The second kappa shape index (κ2) is 11.9. The average molecular weight is 501 g/mol. The summed E-state index contributed by atoms with van der Waals surface area (Å²) in [5.41, 5.74) is 6.45. The number of nitrogens with one attached hydrogen (secondary N) is 1. The van der Waals surface area contributed by atoms with Crippen molar-refractivity contribution < 1.29 is 14.6 Å². The first kappa shape index (κ1) is 25.5. The smallest absolute Gasteiger partial charge is 0.120 e. The number of fused-ring (bicyclic) bond motifs is 1. The number of aromatic hydroxyl groups is 1. The maximum Gasteiger partial charge on any atom is 0.120 e. The van der Waals surface area contributed by atoms with Crippen LogP contribution in [0.4, 0.5) is 5.69 Å². The standard InChI is InChI=1S/C32H40N2O3/c1-3-27(19-23-5-11-29(12-6-23)37-18-17-34-15-4-16-34)33-32-22-30(36-2)13-14-31(32)26-8-7-25-21-28(35)10-9-24(25)20-26/h5-6,9-14,21-22,26-27,33,35H,3-4,7-8,15-20H2,1-2H3. The molecule has 5 rings (SSSR count). The van der Waals surface area contributed by atoms with Gasteiger partial charge < -0.3 is 19.9 Å². The van der Waals surface area contributed by atoms with Crippen LogP contribution in [0.15, 0.2) is 60.7 Å². The molecule has 0 bridgehead atoms. The fourth-order valence-corrected chi connectivity index (χ4v) is 5.57. The van der Waals surface area contributed by atoms with E-state index in [4.69, 9.17) is 9.47 Å². The summed E-state index contributed by atoms with van der Waals surface area (Å²) in [5.74, 6) is 2.63. The summed E-state index contributed by atoms with van der Waals surface area (Å²) in [6.45, 7) is 6.43. The fraction of sp³-hybridized carbons (Fsp3) is 0.438. The van der Waals surface area contributed by atoms with Crippen molar-refractivity contribution in [1.29, 1.82) is 0 Å². The van der Waals surface area contributed by atoms with E-state index in [2.05, 4.69) is 65.7 Å². The summed E-state index contributed by atoms with van der Waals surface area (Å²) >= 11 is 0. The Hall–Kier alpha value is -3.18. The molecular formula is C32H40N2O3. The monoisotopic (exact) mass is 500 g/mol. The molecule has 5 heteroatoms. The summed E-state index contributed by atoms with van der Waals surface area (Å²) in [4.78, 5) is 2.43. The summed E-state index contributed by atoms with van der Waals surface area (Å²) in [7, 11) is 1.73. The lowest BCUT2D eigenvalue weighted by Crippen LogP contribution is -2.39. The number of methoxy groups -OCH3 is 1. The van der Waals surface area contributed by atoms with Crippen molar-refractivity contribution in [2.45, 2.75) is 57.4 Å². The zero-order valence-corrected chi connectivity index (χ0v) is 22.2. The van der Waals surface area contributed by atoms with Crippen LogP contribution < -0.4 is 14.8 Å². The molecule has 1 fully saturated rings. The number of hydrogen-bond donors (Lipinski definition) is 2. The Morgan fingerprint density at radius 2 is 1.81 bits per heavy atom. The average Bonchev–Trinajstić information content (AvgIpc) is 2.90. The van der Waals surface area contributed by atoms with Crippen LogP contribution in [0.5, 0.6) is 17.2 Å². The van der Waals surface area contributed by atoms with Gasteiger partial charge in [-0.25, -0.2) is 0 Å². The maximum absolute atomic E-state index is 9.87. The van der Waals surface area contributed by atoms with Crippen LogP contribution >= 0.6 is 0 Å². The molecule has 0 spiro atoms. The Labute approximate surface area is 221 Å². The first-order chi connectivity index (χ1) is 18.1. The number of hydrogen-bond acceptors (Lipinski definition) is 5. The molecule has 0 amide bonds. The minimum atomic E-state index is 0.317. The summed E-state index contributed by atoms with van der Waals surface area (Å²) in [5, 5.41) is 13.7. The zero-order chi connectivity index (χ0) is 25.6. The molecule has 2 atom stereocenters. The predicted octanol–water partition coefficient (Wildman–Crippen LogP) is 6.19. The Kier molecular flexibility index (Phi) is 8.20. The molecule has 2 aliphatic rings. The Bertz CT molecular complexity index is 1170. The van der Waals surface area contributed by atoms with Crippen molar-refractivity contribution in [2.24, 2.45) is 0 Å². The topological polar surface area (TPSA) is 54.0 Å². The highest BCUT2D eigenvalue weighted by atomic mass is 16.5. The zero-order valence-electron chi connectivity index (χ0n) is 22.2. The minimum absolute atomic E-state index is 0.317. The fourth-order valence-electron chi connectivity index (χ4n) is 5.57. The van der Waals surface area contributed by atoms with E-state index in [1.165, 1.54) is 47.5 Å². The van der Waals surface area contributed by atoms with Gasteiger partial charge in [-0.05, 0) is 110 Å². The molecule has 2 N–H and O–H groups in total. The quantitative estimate of drug-likeness (QED) is 0.329. The van der Waals surface area contributed by atoms with Gasteiger partial charge in [0.15, 0.2) is 0 Å². The van der Waals surface area contributed by atoms with Crippen molar-refractivity contribution in [2.75, 3.05) is 38.7 Å². The van der Waals surface area contributed by atoms with Crippen LogP contribution in [-0.2, 0) is 19.3 Å². The van der Waals surface area contributed by atoms with Gasteiger partial charge in [-0.2, -0.15) is 0 Å². The number of phenols is 1. The van der Waals surface area contributed by atoms with Crippen molar-refractivity contribution >= 4 is 5.69 Å². The van der Waals surface area contributed by atoms with E-state index in [-0.39, 0.29) is 0 Å². The van der Waals surface area contributed by atoms with E-state index in [1.54, 1.807) is 7.11 Å². The van der Waals surface area contributed by atoms with E-state index < -0.39 is 0 Å². The lowest BCUT2D eigenvalue weighted by Gasteiger charge is -2.30. The van der Waals surface area contributed by atoms with Crippen molar-refractivity contribution in [3.63, 3.8) is 0 Å². The van der Waals surface area contributed by atoms with Gasteiger partial charge in [0.2, 0.25) is 0 Å². The van der Waals surface area contributed by atoms with Crippen LogP contribution in [-0.4, -0.2) is 49.4 Å². The molecule has 0 aromatic heterocycles. The van der Waals surface area contributed by atoms with E-state index in [9.17, 15) is 5.11 Å². The van der Waals surface area contributed by atoms with Crippen molar-refractivity contribution in [3.05, 3.63) is 82.9 Å². The molecule has 0 saturated carbocycles. The number of likely N-dealkylation sites (tertiary alicyclic amines) is 1. The molecule has 1 aliphatic heterocycles. The second-order valence-electron chi connectivity index (χ2n) is 10.5. The molecular weight excluding hydrogens is 460 g/mol. The van der Waals surface area contributed by atoms with Gasteiger partial charge in [-0.15, -0.1) is 0 Å². The summed E-state index contributed by atoms with van der Waals surface area (Å²) < 4.78 is 11.5. The Balaban J connectivity index is 1.25. The highest BCUT2D eigenvalue weighted by Crippen LogP contribution is 2.39. The van der Waals surface area contributed by atoms with E-state index >= 15 is 0 Å². The van der Waals surface area contributed by atoms with Gasteiger partial charge in [0, 0.05) is 24.3 Å². The van der Waals surface area contributed by atoms with Gasteiger partial charge in [0.1, 0.15) is 23.9 Å². The molecule has 1 heterocycles. The lowest BCUT2D eigenvalue weighted by molar-refractivity contribution is 0.147. The van der Waals surface area contributed by atoms with Gasteiger partial charge >= 0.3 is 0 Å². The lowest BCUT2D eigenvalue weighted by atomic mass is 9.79. The van der Waals surface area contributed by atoms with Crippen LogP contribution in [0.25, 0.3) is 0 Å². The third kappa shape index (κ3) is 6.40. The number of rotatable bonds is 11. The highest BCUT2D eigenvalue weighted by Gasteiger charge is 2.24. The molecule has 0 radical (unpaired) electrons.